The number of hydrogen-bond donors (Lipinski definition) is 1. The third-order valence-electron chi connectivity index (χ3n) is 4.66. The fourth-order valence-electron chi connectivity index (χ4n) is 3.15. The van der Waals surface area contributed by atoms with Crippen molar-refractivity contribution in [2.24, 2.45) is 0 Å². The van der Waals surface area contributed by atoms with Crippen LogP contribution in [-0.4, -0.2) is 39.5 Å². The predicted molar refractivity (Wildman–Crippen MR) is 120 cm³/mol. The Morgan fingerprint density at radius 1 is 1.11 bits per heavy atom. The van der Waals surface area contributed by atoms with E-state index in [1.54, 1.807) is 0 Å². The molecule has 0 radical (unpaired) electrons. The topological polar surface area (TPSA) is 54.0 Å². The van der Waals surface area contributed by atoms with Crippen molar-refractivity contribution in [1.82, 2.24) is 14.0 Å². The Kier molecular flexibility index (Phi) is 8.03. The number of carbonyl (C=O) groups excluding carboxylic acids is 1. The van der Waals surface area contributed by atoms with Gasteiger partial charge in [0.15, 0.2) is 5.78 Å². The quantitative estimate of drug-likeness (QED) is 0.447. The van der Waals surface area contributed by atoms with Crippen LogP contribution in [0.25, 0.3) is 11.0 Å². The number of nitrogens with zero attached hydrogens (tertiary/aromatic N) is 3. The predicted octanol–water partition coefficient (Wildman–Crippen LogP) is 4.55. The highest BCUT2D eigenvalue weighted by Crippen LogP contribution is 2.23. The van der Waals surface area contributed by atoms with Gasteiger partial charge in [-0.25, -0.2) is 0 Å². The minimum absolute atomic E-state index is 0. The Morgan fingerprint density at radius 2 is 1.74 bits per heavy atom. The molecule has 5 nitrogen and oxygen atoms in total. The van der Waals surface area contributed by atoms with Crippen LogP contribution < -0.4 is 5.62 Å². The molecule has 0 aliphatic carbocycles. The number of imidazole rings is 1. The second-order valence-corrected chi connectivity index (χ2v) is 8.57. The van der Waals surface area contributed by atoms with Gasteiger partial charge in [0.25, 0.3) is 0 Å². The van der Waals surface area contributed by atoms with Crippen molar-refractivity contribution >= 4 is 61.1 Å². The molecule has 0 aliphatic rings. The second-order valence-electron chi connectivity index (χ2n) is 6.10. The van der Waals surface area contributed by atoms with Crippen molar-refractivity contribution in [1.29, 1.82) is 5.41 Å². The molecule has 0 unspecified atom stereocenters. The van der Waals surface area contributed by atoms with Crippen LogP contribution in [-0.2, 0) is 13.1 Å². The number of para-hydroxylation sites is 2. The minimum atomic E-state index is 0. The molecular formula is C19H24Br2N4OS. The van der Waals surface area contributed by atoms with E-state index in [0.717, 1.165) is 41.0 Å². The number of ketones is 1. The van der Waals surface area contributed by atoms with Crippen molar-refractivity contribution in [3.63, 3.8) is 0 Å². The van der Waals surface area contributed by atoms with Crippen molar-refractivity contribution in [2.45, 2.75) is 26.9 Å². The molecule has 1 N–H and O–H groups in total. The standard InChI is InChI=1S/C19H23BrN4OS.BrH/c1-3-22(4-2)11-12-23-14-7-5-6-8-15(14)24(19(23)21)13-16(25)17-9-10-18(20)26-17;/h5-10,21H,3-4,11-13H2,1-2H3;1H. The molecule has 0 bridgehead atoms. The maximum atomic E-state index is 12.7. The van der Waals surface area contributed by atoms with Crippen LogP contribution in [0.3, 0.4) is 0 Å². The number of Topliss-reactive ketones (excluding diaryl/α,β-unsaturated/α-hetero) is 1. The van der Waals surface area contributed by atoms with Gasteiger partial charge in [-0.1, -0.05) is 26.0 Å². The van der Waals surface area contributed by atoms with Gasteiger partial charge in [-0.05, 0) is 53.3 Å². The summed E-state index contributed by atoms with van der Waals surface area (Å²) in [7, 11) is 0. The molecule has 0 saturated heterocycles. The molecule has 3 rings (SSSR count). The summed E-state index contributed by atoms with van der Waals surface area (Å²) >= 11 is 4.84. The molecule has 146 valence electrons. The van der Waals surface area contributed by atoms with Gasteiger partial charge in [0.05, 0.1) is 26.2 Å². The molecule has 0 saturated carbocycles. The summed E-state index contributed by atoms with van der Waals surface area (Å²) in [6.45, 7) is 8.11. The van der Waals surface area contributed by atoms with Gasteiger partial charge in [-0.15, -0.1) is 28.3 Å². The summed E-state index contributed by atoms with van der Waals surface area (Å²) in [5.41, 5.74) is 2.31. The van der Waals surface area contributed by atoms with Crippen LogP contribution >= 0.6 is 44.2 Å². The van der Waals surface area contributed by atoms with Crippen molar-refractivity contribution in [3.8, 4) is 0 Å². The number of rotatable bonds is 8. The largest absolute Gasteiger partial charge is 0.309 e. The average molecular weight is 516 g/mol. The average Bonchev–Trinajstić information content (AvgIpc) is 3.19. The Bertz CT molecular complexity index is 972. The lowest BCUT2D eigenvalue weighted by Gasteiger charge is -2.18. The van der Waals surface area contributed by atoms with Gasteiger partial charge in [-0.2, -0.15) is 0 Å². The molecule has 2 heterocycles. The van der Waals surface area contributed by atoms with Crippen molar-refractivity contribution in [3.05, 3.63) is 50.7 Å². The van der Waals surface area contributed by atoms with E-state index in [1.165, 1.54) is 11.3 Å². The second kappa shape index (κ2) is 9.82. The molecule has 0 fully saturated rings. The van der Waals surface area contributed by atoms with Crippen LogP contribution in [0.4, 0.5) is 0 Å². The maximum absolute atomic E-state index is 12.7. The highest BCUT2D eigenvalue weighted by Gasteiger charge is 2.16. The molecule has 3 aromatic rings. The van der Waals surface area contributed by atoms with Gasteiger partial charge < -0.3 is 14.0 Å². The third kappa shape index (κ3) is 4.80. The molecule has 27 heavy (non-hydrogen) atoms. The van der Waals surface area contributed by atoms with E-state index in [9.17, 15) is 4.79 Å². The molecule has 2 aromatic heterocycles. The van der Waals surface area contributed by atoms with E-state index in [1.807, 2.05) is 45.5 Å². The lowest BCUT2D eigenvalue weighted by molar-refractivity contribution is 0.0975. The van der Waals surface area contributed by atoms with Crippen LogP contribution in [0.1, 0.15) is 23.5 Å². The summed E-state index contributed by atoms with van der Waals surface area (Å²) in [5.74, 6) is 0.0332. The number of benzene rings is 1. The van der Waals surface area contributed by atoms with E-state index in [2.05, 4.69) is 34.7 Å². The molecular weight excluding hydrogens is 492 g/mol. The van der Waals surface area contributed by atoms with E-state index in [4.69, 9.17) is 5.41 Å². The van der Waals surface area contributed by atoms with Gasteiger partial charge in [0.2, 0.25) is 5.62 Å². The summed E-state index contributed by atoms with van der Waals surface area (Å²) in [6, 6.07) is 11.7. The zero-order valence-corrected chi connectivity index (χ0v) is 19.6. The Hall–Kier alpha value is -1.22. The molecule has 0 atom stereocenters. The van der Waals surface area contributed by atoms with Gasteiger partial charge in [-0.3, -0.25) is 10.2 Å². The van der Waals surface area contributed by atoms with E-state index in [-0.39, 0.29) is 29.3 Å². The summed E-state index contributed by atoms with van der Waals surface area (Å²) in [4.78, 5) is 15.7. The zero-order valence-electron chi connectivity index (χ0n) is 15.4. The van der Waals surface area contributed by atoms with Crippen molar-refractivity contribution in [2.75, 3.05) is 19.6 Å². The normalized spacial score (nSPS) is 11.1. The van der Waals surface area contributed by atoms with E-state index in [0.29, 0.717) is 10.5 Å². The summed E-state index contributed by atoms with van der Waals surface area (Å²) in [5, 5.41) is 8.64. The summed E-state index contributed by atoms with van der Waals surface area (Å²) < 4.78 is 4.76. The molecule has 0 spiro atoms. The van der Waals surface area contributed by atoms with Crippen molar-refractivity contribution < 1.29 is 4.79 Å². The first-order valence-corrected chi connectivity index (χ1v) is 10.4. The number of fused-ring (bicyclic) bond motifs is 1. The highest BCUT2D eigenvalue weighted by atomic mass is 79.9. The fraction of sp³-hybridized carbons (Fsp3) is 0.368. The molecule has 1 aromatic carbocycles. The Labute approximate surface area is 182 Å². The molecule has 8 heteroatoms. The lowest BCUT2D eigenvalue weighted by Crippen LogP contribution is -2.32. The van der Waals surface area contributed by atoms with Gasteiger partial charge in [0.1, 0.15) is 0 Å². The van der Waals surface area contributed by atoms with Gasteiger partial charge >= 0.3 is 0 Å². The highest BCUT2D eigenvalue weighted by molar-refractivity contribution is 9.11. The monoisotopic (exact) mass is 514 g/mol. The lowest BCUT2D eigenvalue weighted by atomic mass is 10.3. The molecule has 0 aliphatic heterocycles. The molecule has 0 amide bonds. The fourth-order valence-corrected chi connectivity index (χ4v) is 4.46. The minimum Gasteiger partial charge on any atom is -0.309 e. The van der Waals surface area contributed by atoms with E-state index < -0.39 is 0 Å². The maximum Gasteiger partial charge on any atom is 0.203 e. The number of hydrogen-bond acceptors (Lipinski definition) is 4. The van der Waals surface area contributed by atoms with Gasteiger partial charge in [0, 0.05) is 13.1 Å². The SMILES string of the molecule is Br.CCN(CC)CCn1c(=N)n(CC(=O)c2ccc(Br)s2)c2ccccc21. The van der Waals surface area contributed by atoms with E-state index >= 15 is 0 Å². The number of carbonyl (C=O) groups is 1. The summed E-state index contributed by atoms with van der Waals surface area (Å²) in [6.07, 6.45) is 0. The number of aromatic nitrogens is 2. The van der Waals surface area contributed by atoms with Crippen LogP contribution in [0.15, 0.2) is 40.2 Å². The third-order valence-corrected chi connectivity index (χ3v) is 6.32. The Morgan fingerprint density at radius 3 is 2.30 bits per heavy atom. The first-order valence-electron chi connectivity index (χ1n) is 8.78. The number of nitrogens with one attached hydrogen (secondary N) is 1. The zero-order chi connectivity index (χ0) is 18.7. The smallest absolute Gasteiger partial charge is 0.203 e. The van der Waals surface area contributed by atoms with Crippen LogP contribution in [0, 0.1) is 5.41 Å². The van der Waals surface area contributed by atoms with Crippen LogP contribution in [0.2, 0.25) is 0 Å². The Balaban J connectivity index is 0.00000261. The number of likely N-dealkylation sites (N-methyl/N-ethyl adjacent to an activating group) is 1. The number of thiophene rings is 1. The van der Waals surface area contributed by atoms with Crippen LogP contribution in [0.5, 0.6) is 0 Å². The first-order chi connectivity index (χ1) is 12.5. The number of halogens is 2. The first kappa shape index (κ1) is 22.1.